The number of methoxy groups -OCH3 is 1. The van der Waals surface area contributed by atoms with Gasteiger partial charge in [-0.1, -0.05) is 31.1 Å². The third-order valence-corrected chi connectivity index (χ3v) is 5.31. The minimum absolute atomic E-state index is 0. The van der Waals surface area contributed by atoms with Gasteiger partial charge in [-0.2, -0.15) is 4.98 Å². The maximum atomic E-state index is 11.9. The molecule has 2 atom stereocenters. The van der Waals surface area contributed by atoms with E-state index in [2.05, 4.69) is 44.4 Å². The van der Waals surface area contributed by atoms with Crippen molar-refractivity contribution in [2.45, 2.75) is 26.7 Å². The number of aryl methyl sites for hydroxylation is 1. The van der Waals surface area contributed by atoms with Crippen LogP contribution in [-0.2, 0) is 22.4 Å². The number of halogens is 1. The zero-order valence-electron chi connectivity index (χ0n) is 17.9. The smallest absolute Gasteiger partial charge is 0.310 e. The molecule has 1 aromatic carbocycles. The number of rotatable bonds is 6. The molecule has 0 bridgehead atoms. The number of nitrogens with zero attached hydrogens (tertiary/aromatic N) is 4. The van der Waals surface area contributed by atoms with Crippen LogP contribution >= 0.6 is 24.0 Å². The van der Waals surface area contributed by atoms with E-state index >= 15 is 0 Å². The fourth-order valence-electron chi connectivity index (χ4n) is 3.58. The number of likely N-dealkylation sites (tertiary alicyclic amines) is 1. The number of carbonyl (C=O) groups excluding carboxylic acids is 1. The minimum Gasteiger partial charge on any atom is -0.469 e. The van der Waals surface area contributed by atoms with Crippen LogP contribution in [0.15, 0.2) is 33.8 Å². The number of hydrogen-bond donors (Lipinski definition) is 1. The van der Waals surface area contributed by atoms with Crippen LogP contribution in [0.25, 0.3) is 11.5 Å². The maximum Gasteiger partial charge on any atom is 0.310 e. The number of aromatic nitrogens is 2. The number of benzene rings is 1. The largest absolute Gasteiger partial charge is 0.469 e. The van der Waals surface area contributed by atoms with Gasteiger partial charge in [0.05, 0.1) is 13.0 Å². The monoisotopic (exact) mass is 527 g/mol. The van der Waals surface area contributed by atoms with Crippen molar-refractivity contribution in [2.24, 2.45) is 16.8 Å². The van der Waals surface area contributed by atoms with E-state index in [4.69, 9.17) is 9.26 Å². The van der Waals surface area contributed by atoms with Gasteiger partial charge in [0, 0.05) is 38.7 Å². The van der Waals surface area contributed by atoms with E-state index in [1.54, 1.807) is 7.05 Å². The number of nitrogens with one attached hydrogen (secondary N) is 1. The highest BCUT2D eigenvalue weighted by Gasteiger charge is 2.36. The highest BCUT2D eigenvalue weighted by molar-refractivity contribution is 14.0. The fourth-order valence-corrected chi connectivity index (χ4v) is 3.58. The lowest BCUT2D eigenvalue weighted by molar-refractivity contribution is -0.145. The Morgan fingerprint density at radius 3 is 2.67 bits per heavy atom. The minimum atomic E-state index is -0.150. The van der Waals surface area contributed by atoms with Crippen molar-refractivity contribution in [1.29, 1.82) is 0 Å². The van der Waals surface area contributed by atoms with Gasteiger partial charge in [0.15, 0.2) is 11.8 Å². The second-order valence-corrected chi connectivity index (χ2v) is 7.30. The van der Waals surface area contributed by atoms with E-state index in [-0.39, 0.29) is 41.8 Å². The Morgan fingerprint density at radius 2 is 2.07 bits per heavy atom. The number of ether oxygens (including phenoxy) is 1. The number of guanidine groups is 1. The Morgan fingerprint density at radius 1 is 1.33 bits per heavy atom. The first-order valence-corrected chi connectivity index (χ1v) is 10.0. The first-order chi connectivity index (χ1) is 14.0. The molecule has 9 heteroatoms. The number of carbonyl (C=O) groups is 1. The van der Waals surface area contributed by atoms with Crippen LogP contribution in [0.2, 0.25) is 0 Å². The van der Waals surface area contributed by atoms with Gasteiger partial charge >= 0.3 is 5.97 Å². The molecule has 3 rings (SSSR count). The molecule has 0 aliphatic carbocycles. The molecule has 1 aliphatic rings. The van der Waals surface area contributed by atoms with Crippen molar-refractivity contribution in [3.8, 4) is 11.5 Å². The molecule has 8 nitrogen and oxygen atoms in total. The van der Waals surface area contributed by atoms with Gasteiger partial charge in [-0.25, -0.2) is 0 Å². The number of esters is 1. The van der Waals surface area contributed by atoms with Crippen LogP contribution in [0, 0.1) is 11.8 Å². The topological polar surface area (TPSA) is 92.9 Å². The average Bonchev–Trinajstić information content (AvgIpc) is 3.38. The summed E-state index contributed by atoms with van der Waals surface area (Å²) in [5.74, 6) is 2.07. The van der Waals surface area contributed by atoms with E-state index < -0.39 is 0 Å². The van der Waals surface area contributed by atoms with Crippen molar-refractivity contribution in [2.75, 3.05) is 33.8 Å². The highest BCUT2D eigenvalue weighted by Crippen LogP contribution is 2.24. The van der Waals surface area contributed by atoms with Crippen LogP contribution in [0.3, 0.4) is 0 Å². The molecule has 0 radical (unpaired) electrons. The first-order valence-electron chi connectivity index (χ1n) is 10.0. The van der Waals surface area contributed by atoms with Crippen LogP contribution in [0.1, 0.15) is 25.2 Å². The third kappa shape index (κ3) is 5.71. The summed E-state index contributed by atoms with van der Waals surface area (Å²) >= 11 is 0. The average molecular weight is 527 g/mol. The second-order valence-electron chi connectivity index (χ2n) is 7.30. The molecular weight excluding hydrogens is 497 g/mol. The van der Waals surface area contributed by atoms with Gasteiger partial charge in [-0.05, 0) is 30.0 Å². The van der Waals surface area contributed by atoms with E-state index in [9.17, 15) is 4.79 Å². The van der Waals surface area contributed by atoms with Gasteiger partial charge in [0.2, 0.25) is 0 Å². The molecule has 2 unspecified atom stereocenters. The quantitative estimate of drug-likeness (QED) is 0.267. The summed E-state index contributed by atoms with van der Waals surface area (Å²) in [6.45, 7) is 6.24. The summed E-state index contributed by atoms with van der Waals surface area (Å²) in [4.78, 5) is 22.8. The summed E-state index contributed by atoms with van der Waals surface area (Å²) in [6, 6.07) is 8.14. The summed E-state index contributed by atoms with van der Waals surface area (Å²) in [5, 5.41) is 7.33. The molecular formula is C21H30IN5O3. The normalized spacial score (nSPS) is 18.8. The highest BCUT2D eigenvalue weighted by atomic mass is 127. The van der Waals surface area contributed by atoms with Gasteiger partial charge in [0.1, 0.15) is 0 Å². The summed E-state index contributed by atoms with van der Waals surface area (Å²) < 4.78 is 10.2. The standard InChI is InChI=1S/C21H29N5O3.HI/c1-5-18-24-19(29-25-18)16-8-6-15(7-9-16)10-11-23-21(22-3)26-12-14(2)17(13-26)20(27)28-4;/h6-9,14,17H,5,10-13H2,1-4H3,(H,22,23);1H. The van der Waals surface area contributed by atoms with E-state index in [1.165, 1.54) is 12.7 Å². The lowest BCUT2D eigenvalue weighted by atomic mass is 9.99. The van der Waals surface area contributed by atoms with Crippen LogP contribution in [0.4, 0.5) is 0 Å². The lowest BCUT2D eigenvalue weighted by Gasteiger charge is -2.21. The maximum absolute atomic E-state index is 11.9. The van der Waals surface area contributed by atoms with Gasteiger partial charge < -0.3 is 19.5 Å². The Labute approximate surface area is 194 Å². The molecule has 0 amide bonds. The molecule has 0 spiro atoms. The first kappa shape index (κ1) is 24.1. The van der Waals surface area contributed by atoms with Crippen molar-refractivity contribution < 1.29 is 14.1 Å². The van der Waals surface area contributed by atoms with Crippen LogP contribution < -0.4 is 5.32 Å². The molecule has 164 valence electrons. The zero-order chi connectivity index (χ0) is 20.8. The van der Waals surface area contributed by atoms with Crippen molar-refractivity contribution in [3.63, 3.8) is 0 Å². The zero-order valence-corrected chi connectivity index (χ0v) is 20.3. The molecule has 0 saturated carbocycles. The molecule has 1 saturated heterocycles. The summed E-state index contributed by atoms with van der Waals surface area (Å²) in [5.41, 5.74) is 2.12. The molecule has 1 fully saturated rings. The molecule has 30 heavy (non-hydrogen) atoms. The van der Waals surface area contributed by atoms with E-state index in [0.29, 0.717) is 18.3 Å². The van der Waals surface area contributed by atoms with Crippen molar-refractivity contribution in [1.82, 2.24) is 20.4 Å². The van der Waals surface area contributed by atoms with Gasteiger partial charge in [-0.15, -0.1) is 24.0 Å². The fraction of sp³-hybridized carbons (Fsp3) is 0.524. The Balaban J connectivity index is 0.00000320. The second kappa shape index (κ2) is 11.3. The summed E-state index contributed by atoms with van der Waals surface area (Å²) in [7, 11) is 3.21. The molecule has 1 aromatic heterocycles. The molecule has 1 N–H and O–H groups in total. The summed E-state index contributed by atoms with van der Waals surface area (Å²) in [6.07, 6.45) is 1.61. The van der Waals surface area contributed by atoms with Gasteiger partial charge in [-0.3, -0.25) is 9.79 Å². The Kier molecular flexibility index (Phi) is 9.07. The lowest BCUT2D eigenvalue weighted by Crippen LogP contribution is -2.41. The predicted octanol–water partition coefficient (Wildman–Crippen LogP) is 2.78. The predicted molar refractivity (Wildman–Crippen MR) is 126 cm³/mol. The van der Waals surface area contributed by atoms with E-state index in [1.807, 2.05) is 19.1 Å². The molecule has 2 aromatic rings. The molecule has 2 heterocycles. The third-order valence-electron chi connectivity index (χ3n) is 5.31. The van der Waals surface area contributed by atoms with Crippen molar-refractivity contribution >= 4 is 35.9 Å². The van der Waals surface area contributed by atoms with Gasteiger partial charge in [0.25, 0.3) is 5.89 Å². The van der Waals surface area contributed by atoms with E-state index in [0.717, 1.165) is 37.5 Å². The number of hydrogen-bond acceptors (Lipinski definition) is 6. The van der Waals surface area contributed by atoms with Crippen molar-refractivity contribution in [3.05, 3.63) is 35.7 Å². The molecule has 1 aliphatic heterocycles. The SMILES string of the molecule is CCc1noc(-c2ccc(CCNC(=NC)N3CC(C)C(C(=O)OC)C3)cc2)n1.I. The number of aliphatic imine (C=N–C) groups is 1. The van der Waals surface area contributed by atoms with Crippen LogP contribution in [-0.4, -0.2) is 60.8 Å². The van der Waals surface area contributed by atoms with Crippen LogP contribution in [0.5, 0.6) is 0 Å². The Bertz CT molecular complexity index is 853. The Hall–Kier alpha value is -2.17.